The van der Waals surface area contributed by atoms with Gasteiger partial charge in [-0.25, -0.2) is 19.1 Å². The number of aromatic nitrogens is 3. The molecule has 0 spiro atoms. The molecule has 2 rings (SSSR count). The Morgan fingerprint density at radius 1 is 0.905 bits per heavy atom. The SMILES string of the molecule is O=C(O)CCC(NC(=O)N[C@@H](Cc1ccc(OCCOCCOCCn2cc(CCCF)nn2)cc1)C(=O)O)C(=O)O. The fourth-order valence-electron chi connectivity index (χ4n) is 3.55. The van der Waals surface area contributed by atoms with Gasteiger partial charge in [0.05, 0.1) is 45.3 Å². The Kier molecular flexibility index (Phi) is 15.3. The molecule has 0 saturated heterocycles. The molecule has 1 unspecified atom stereocenters. The van der Waals surface area contributed by atoms with E-state index in [0.717, 1.165) is 5.69 Å². The average Bonchev–Trinajstić information content (AvgIpc) is 3.40. The van der Waals surface area contributed by atoms with E-state index < -0.39 is 42.4 Å². The van der Waals surface area contributed by atoms with Crippen LogP contribution in [0.2, 0.25) is 0 Å². The maximum absolute atomic E-state index is 12.2. The van der Waals surface area contributed by atoms with Crippen molar-refractivity contribution in [3.05, 3.63) is 41.7 Å². The van der Waals surface area contributed by atoms with Crippen molar-refractivity contribution in [1.82, 2.24) is 25.6 Å². The minimum Gasteiger partial charge on any atom is -0.491 e. The van der Waals surface area contributed by atoms with E-state index in [1.807, 2.05) is 0 Å². The number of aliphatic carboxylic acids is 3. The van der Waals surface area contributed by atoms with Crippen molar-refractivity contribution in [3.8, 4) is 5.75 Å². The fraction of sp³-hybridized carbons (Fsp3) is 0.538. The zero-order valence-electron chi connectivity index (χ0n) is 22.9. The molecule has 1 aromatic heterocycles. The van der Waals surface area contributed by atoms with E-state index in [9.17, 15) is 28.7 Å². The Bertz CT molecular complexity index is 1130. The number of carboxylic acid groups (broad SMARTS) is 3. The number of carbonyl (C=O) groups excluding carboxylic acids is 1. The summed E-state index contributed by atoms with van der Waals surface area (Å²) in [6, 6.07) is 2.65. The number of amides is 2. The summed E-state index contributed by atoms with van der Waals surface area (Å²) in [7, 11) is 0. The van der Waals surface area contributed by atoms with Crippen LogP contribution in [-0.2, 0) is 43.2 Å². The van der Waals surface area contributed by atoms with Gasteiger partial charge in [0.25, 0.3) is 0 Å². The van der Waals surface area contributed by atoms with Gasteiger partial charge in [0.2, 0.25) is 0 Å². The van der Waals surface area contributed by atoms with Gasteiger partial charge in [-0.1, -0.05) is 17.3 Å². The predicted octanol–water partition coefficient (Wildman–Crippen LogP) is 0.905. The van der Waals surface area contributed by atoms with Gasteiger partial charge in [0, 0.05) is 19.0 Å². The summed E-state index contributed by atoms with van der Waals surface area (Å²) in [5, 5.41) is 39.5. The fourth-order valence-corrected chi connectivity index (χ4v) is 3.55. The zero-order valence-corrected chi connectivity index (χ0v) is 22.9. The number of rotatable bonds is 22. The van der Waals surface area contributed by atoms with Gasteiger partial charge >= 0.3 is 23.9 Å². The molecule has 1 aromatic carbocycles. The van der Waals surface area contributed by atoms with Crippen LogP contribution < -0.4 is 15.4 Å². The normalized spacial score (nSPS) is 12.3. The third-order valence-corrected chi connectivity index (χ3v) is 5.70. The summed E-state index contributed by atoms with van der Waals surface area (Å²) in [4.78, 5) is 45.7. The molecular weight excluding hydrogens is 561 g/mol. The van der Waals surface area contributed by atoms with Crippen LogP contribution in [0.5, 0.6) is 5.75 Å². The molecule has 0 aliphatic rings. The van der Waals surface area contributed by atoms with Gasteiger partial charge in [0.1, 0.15) is 24.4 Å². The number of halogens is 1. The molecule has 0 fully saturated rings. The number of nitrogens with one attached hydrogen (secondary N) is 2. The smallest absolute Gasteiger partial charge is 0.326 e. The molecule has 42 heavy (non-hydrogen) atoms. The van der Waals surface area contributed by atoms with E-state index in [4.69, 9.17) is 24.4 Å². The second-order valence-corrected chi connectivity index (χ2v) is 9.02. The number of carboxylic acids is 3. The first kappa shape index (κ1) is 33.9. The highest BCUT2D eigenvalue weighted by molar-refractivity contribution is 5.86. The number of hydrogen-bond donors (Lipinski definition) is 5. The maximum Gasteiger partial charge on any atom is 0.326 e. The van der Waals surface area contributed by atoms with Crippen molar-refractivity contribution in [2.75, 3.05) is 39.7 Å². The van der Waals surface area contributed by atoms with E-state index in [2.05, 4.69) is 20.9 Å². The van der Waals surface area contributed by atoms with Crippen LogP contribution in [0.3, 0.4) is 0 Å². The molecule has 1 heterocycles. The summed E-state index contributed by atoms with van der Waals surface area (Å²) in [6.07, 6.45) is 1.83. The Morgan fingerprint density at radius 3 is 2.19 bits per heavy atom. The van der Waals surface area contributed by atoms with Crippen LogP contribution in [0, 0.1) is 0 Å². The van der Waals surface area contributed by atoms with Crippen LogP contribution in [0.1, 0.15) is 30.5 Å². The monoisotopic (exact) mass is 597 g/mol. The second kappa shape index (κ2) is 18.9. The van der Waals surface area contributed by atoms with Crippen molar-refractivity contribution < 1.29 is 53.1 Å². The van der Waals surface area contributed by atoms with Crippen LogP contribution >= 0.6 is 0 Å². The summed E-state index contributed by atoms with van der Waals surface area (Å²) >= 11 is 0. The molecule has 15 nitrogen and oxygen atoms in total. The molecule has 2 aromatic rings. The Balaban J connectivity index is 1.63. The number of ether oxygens (including phenoxy) is 3. The predicted molar refractivity (Wildman–Crippen MR) is 143 cm³/mol. The standard InChI is InChI=1S/C26H36FN5O10/c27-9-1-2-19-17-32(31-30-19)10-11-40-12-13-41-14-15-42-20-5-3-18(4-6-20)16-22(25(37)38)29-26(39)28-21(24(35)36)7-8-23(33)34/h3-6,17,21-22H,1-2,7-16H2,(H,33,34)(H,35,36)(H,37,38)(H2,28,29,39)/t21?,22-/m0/s1. The van der Waals surface area contributed by atoms with E-state index >= 15 is 0 Å². The molecule has 0 saturated carbocycles. The molecule has 2 atom stereocenters. The third kappa shape index (κ3) is 13.8. The van der Waals surface area contributed by atoms with Crippen LogP contribution in [0.4, 0.5) is 9.18 Å². The topological polar surface area (TPSA) is 211 Å². The molecule has 0 radical (unpaired) electrons. The van der Waals surface area contributed by atoms with Crippen molar-refractivity contribution in [2.45, 2.75) is 50.7 Å². The van der Waals surface area contributed by atoms with Gasteiger partial charge < -0.3 is 40.2 Å². The molecule has 232 valence electrons. The van der Waals surface area contributed by atoms with Crippen molar-refractivity contribution in [1.29, 1.82) is 0 Å². The highest BCUT2D eigenvalue weighted by Crippen LogP contribution is 2.14. The number of benzene rings is 1. The van der Waals surface area contributed by atoms with Gasteiger partial charge in [-0.15, -0.1) is 5.10 Å². The number of carbonyl (C=O) groups is 4. The first-order chi connectivity index (χ1) is 20.2. The van der Waals surface area contributed by atoms with E-state index in [-0.39, 0.29) is 26.1 Å². The van der Waals surface area contributed by atoms with Crippen LogP contribution in [-0.4, -0.2) is 106 Å². The van der Waals surface area contributed by atoms with Gasteiger partial charge in [0.15, 0.2) is 0 Å². The van der Waals surface area contributed by atoms with Crippen molar-refractivity contribution in [2.24, 2.45) is 0 Å². The third-order valence-electron chi connectivity index (χ3n) is 5.70. The quantitative estimate of drug-likeness (QED) is 0.120. The summed E-state index contributed by atoms with van der Waals surface area (Å²) in [5.74, 6) is -3.47. The molecule has 16 heteroatoms. The summed E-state index contributed by atoms with van der Waals surface area (Å²) in [6.45, 7) is 1.90. The molecule has 2 amide bonds. The Hall–Kier alpha value is -4.31. The van der Waals surface area contributed by atoms with Gasteiger partial charge in [-0.05, 0) is 37.0 Å². The van der Waals surface area contributed by atoms with E-state index in [0.29, 0.717) is 57.1 Å². The lowest BCUT2D eigenvalue weighted by Gasteiger charge is -2.18. The molecular formula is C26H36FN5O10. The largest absolute Gasteiger partial charge is 0.491 e. The van der Waals surface area contributed by atoms with Gasteiger partial charge in [-0.3, -0.25) is 9.18 Å². The summed E-state index contributed by atoms with van der Waals surface area (Å²) < 4.78 is 30.4. The number of alkyl halides is 1. The van der Waals surface area contributed by atoms with Gasteiger partial charge in [-0.2, -0.15) is 0 Å². The van der Waals surface area contributed by atoms with Crippen LogP contribution in [0.15, 0.2) is 30.5 Å². The first-order valence-electron chi connectivity index (χ1n) is 13.2. The Labute approximate surface area is 240 Å². The lowest BCUT2D eigenvalue weighted by Crippen LogP contribution is -2.51. The minimum atomic E-state index is -1.48. The number of hydrogen-bond acceptors (Lipinski definition) is 9. The van der Waals surface area contributed by atoms with Crippen molar-refractivity contribution in [3.63, 3.8) is 0 Å². The second-order valence-electron chi connectivity index (χ2n) is 9.02. The minimum absolute atomic E-state index is 0.0871. The molecule has 0 aliphatic heterocycles. The number of urea groups is 1. The average molecular weight is 598 g/mol. The highest BCUT2D eigenvalue weighted by Gasteiger charge is 2.25. The lowest BCUT2D eigenvalue weighted by molar-refractivity contribution is -0.140. The zero-order chi connectivity index (χ0) is 30.7. The highest BCUT2D eigenvalue weighted by atomic mass is 19.1. The first-order valence-corrected chi connectivity index (χ1v) is 13.2. The van der Waals surface area contributed by atoms with Crippen molar-refractivity contribution >= 4 is 23.9 Å². The maximum atomic E-state index is 12.2. The number of nitrogens with zero attached hydrogens (tertiary/aromatic N) is 3. The van der Waals surface area contributed by atoms with E-state index in [1.165, 1.54) is 0 Å². The Morgan fingerprint density at radius 2 is 1.55 bits per heavy atom. The lowest BCUT2D eigenvalue weighted by atomic mass is 10.1. The molecule has 0 aliphatic carbocycles. The molecule has 0 bridgehead atoms. The summed E-state index contributed by atoms with van der Waals surface area (Å²) in [5.41, 5.74) is 1.32. The number of aryl methyl sites for hydroxylation is 1. The van der Waals surface area contributed by atoms with E-state index in [1.54, 1.807) is 35.1 Å². The molecule has 5 N–H and O–H groups in total. The van der Waals surface area contributed by atoms with Crippen LogP contribution in [0.25, 0.3) is 0 Å².